The zero-order valence-corrected chi connectivity index (χ0v) is 24.6. The van der Waals surface area contributed by atoms with Crippen molar-refractivity contribution in [3.05, 3.63) is 131 Å². The van der Waals surface area contributed by atoms with E-state index in [4.69, 9.17) is 0 Å². The monoisotopic (exact) mass is 544 g/mol. The minimum atomic E-state index is -0.0870. The van der Waals surface area contributed by atoms with Gasteiger partial charge in [-0.1, -0.05) is 98.8 Å². The fourth-order valence-electron chi connectivity index (χ4n) is 8.61. The van der Waals surface area contributed by atoms with E-state index in [9.17, 15) is 10.2 Å². The third-order valence-corrected chi connectivity index (χ3v) is 11.3. The first-order chi connectivity index (χ1) is 19.8. The van der Waals surface area contributed by atoms with Crippen LogP contribution in [-0.2, 0) is 10.8 Å². The molecule has 4 aromatic carbocycles. The quantitative estimate of drug-likeness (QED) is 0.254. The minimum Gasteiger partial charge on any atom is -0.508 e. The molecule has 41 heavy (non-hydrogen) atoms. The second-order valence-corrected chi connectivity index (χ2v) is 13.4. The number of hydrogen-bond donors (Lipinski definition) is 2. The predicted octanol–water partition coefficient (Wildman–Crippen LogP) is 9.78. The first-order valence-corrected chi connectivity index (χ1v) is 15.5. The van der Waals surface area contributed by atoms with Gasteiger partial charge in [-0.25, -0.2) is 0 Å². The molecule has 2 saturated carbocycles. The van der Waals surface area contributed by atoms with Gasteiger partial charge in [0.05, 0.1) is 0 Å². The molecule has 0 radical (unpaired) electrons. The second kappa shape index (κ2) is 11.0. The Morgan fingerprint density at radius 3 is 1.07 bits per heavy atom. The van der Waals surface area contributed by atoms with Crippen LogP contribution < -0.4 is 0 Å². The number of aromatic hydroxyl groups is 2. The van der Waals surface area contributed by atoms with Crippen molar-refractivity contribution in [3.63, 3.8) is 0 Å². The van der Waals surface area contributed by atoms with Crippen LogP contribution >= 0.6 is 0 Å². The molecule has 0 aliphatic heterocycles. The van der Waals surface area contributed by atoms with Crippen molar-refractivity contribution >= 4 is 0 Å². The minimum absolute atomic E-state index is 0.0870. The van der Waals surface area contributed by atoms with E-state index >= 15 is 0 Å². The van der Waals surface area contributed by atoms with Crippen LogP contribution in [0.15, 0.2) is 109 Å². The summed E-state index contributed by atoms with van der Waals surface area (Å²) in [5.41, 5.74) is 5.76. The number of phenolic OH excluding ortho intramolecular Hbond substituents is 2. The molecule has 212 valence electrons. The van der Waals surface area contributed by atoms with Crippen LogP contribution in [0.5, 0.6) is 11.5 Å². The summed E-state index contributed by atoms with van der Waals surface area (Å²) in [7, 11) is 0. The summed E-state index contributed by atoms with van der Waals surface area (Å²) in [6, 6.07) is 38.1. The lowest BCUT2D eigenvalue weighted by Crippen LogP contribution is -2.43. The number of benzene rings is 4. The maximum Gasteiger partial charge on any atom is 0.115 e. The molecule has 0 aromatic heterocycles. The zero-order valence-electron chi connectivity index (χ0n) is 24.6. The van der Waals surface area contributed by atoms with Crippen molar-refractivity contribution in [2.45, 2.75) is 76.0 Å². The summed E-state index contributed by atoms with van der Waals surface area (Å²) in [4.78, 5) is 0. The summed E-state index contributed by atoms with van der Waals surface area (Å²) in [6.45, 7) is 5.10. The van der Waals surface area contributed by atoms with Gasteiger partial charge in [0, 0.05) is 10.8 Å². The number of hydrogen-bond acceptors (Lipinski definition) is 2. The highest BCUT2D eigenvalue weighted by Gasteiger charge is 2.47. The van der Waals surface area contributed by atoms with Crippen LogP contribution in [-0.4, -0.2) is 10.2 Å². The van der Waals surface area contributed by atoms with Crippen LogP contribution in [0.3, 0.4) is 0 Å². The van der Waals surface area contributed by atoms with Gasteiger partial charge >= 0.3 is 0 Å². The molecule has 2 heteroatoms. The highest BCUT2D eigenvalue weighted by atomic mass is 16.3. The normalized spacial score (nSPS) is 19.6. The van der Waals surface area contributed by atoms with Gasteiger partial charge < -0.3 is 10.2 Å². The van der Waals surface area contributed by atoms with Crippen LogP contribution in [0.2, 0.25) is 0 Å². The SMILES string of the molecule is CC(C)(C1CCC(c2ccccc2)(c2ccccc2)CC1)C1CCC(c2ccc(O)cc2)(c2ccc(O)cc2)CC1. The molecule has 0 spiro atoms. The Balaban J connectivity index is 1.22. The van der Waals surface area contributed by atoms with Crippen molar-refractivity contribution in [1.29, 1.82) is 0 Å². The Morgan fingerprint density at radius 2 is 0.756 bits per heavy atom. The highest BCUT2D eigenvalue weighted by Crippen LogP contribution is 2.57. The van der Waals surface area contributed by atoms with E-state index in [2.05, 4.69) is 98.8 Å². The summed E-state index contributed by atoms with van der Waals surface area (Å²) >= 11 is 0. The van der Waals surface area contributed by atoms with Gasteiger partial charge in [0.2, 0.25) is 0 Å². The van der Waals surface area contributed by atoms with Gasteiger partial charge in [-0.15, -0.1) is 0 Å². The van der Waals surface area contributed by atoms with Crippen molar-refractivity contribution < 1.29 is 10.2 Å². The van der Waals surface area contributed by atoms with Crippen molar-refractivity contribution in [2.24, 2.45) is 17.3 Å². The molecule has 2 fully saturated rings. The molecule has 2 aliphatic carbocycles. The molecular formula is C39H44O2. The zero-order chi connectivity index (χ0) is 28.5. The molecule has 0 bridgehead atoms. The molecule has 0 unspecified atom stereocenters. The highest BCUT2D eigenvalue weighted by molar-refractivity contribution is 5.44. The first-order valence-electron chi connectivity index (χ1n) is 15.5. The van der Waals surface area contributed by atoms with Crippen LogP contribution in [0.4, 0.5) is 0 Å². The number of rotatable bonds is 6. The average molecular weight is 545 g/mol. The molecule has 2 aliphatic rings. The third-order valence-electron chi connectivity index (χ3n) is 11.3. The van der Waals surface area contributed by atoms with Crippen LogP contribution in [0, 0.1) is 17.3 Å². The Morgan fingerprint density at radius 1 is 0.463 bits per heavy atom. The fourth-order valence-corrected chi connectivity index (χ4v) is 8.61. The Kier molecular flexibility index (Phi) is 7.45. The van der Waals surface area contributed by atoms with Gasteiger partial charge in [0.25, 0.3) is 0 Å². The van der Waals surface area contributed by atoms with Gasteiger partial charge in [-0.3, -0.25) is 0 Å². The maximum absolute atomic E-state index is 9.99. The molecule has 0 atom stereocenters. The van der Waals surface area contributed by atoms with E-state index in [1.54, 1.807) is 0 Å². The van der Waals surface area contributed by atoms with Crippen molar-refractivity contribution in [2.75, 3.05) is 0 Å². The first kappa shape index (κ1) is 27.6. The standard InChI is InChI=1S/C39H44O2/c1-37(2,29-21-25-38(26-22-29,31-9-5-3-6-10-31)32-11-7-4-8-12-32)30-23-27-39(28-24-30,33-13-17-35(40)18-14-33)34-15-19-36(41)20-16-34/h3-20,29-30,40-41H,21-28H2,1-2H3. The number of phenols is 2. The van der Waals surface area contributed by atoms with Gasteiger partial charge in [0.15, 0.2) is 0 Å². The second-order valence-electron chi connectivity index (χ2n) is 13.4. The van der Waals surface area contributed by atoms with Crippen molar-refractivity contribution in [1.82, 2.24) is 0 Å². The molecule has 6 rings (SSSR count). The fraction of sp³-hybridized carbons (Fsp3) is 0.385. The lowest BCUT2D eigenvalue weighted by atomic mass is 9.53. The van der Waals surface area contributed by atoms with Gasteiger partial charge in [-0.2, -0.15) is 0 Å². The lowest BCUT2D eigenvalue weighted by molar-refractivity contribution is 0.0364. The molecule has 0 saturated heterocycles. The van der Waals surface area contributed by atoms with E-state index in [1.165, 1.54) is 60.8 Å². The Labute approximate surface area is 246 Å². The largest absolute Gasteiger partial charge is 0.508 e. The molecular weight excluding hydrogens is 500 g/mol. The summed E-state index contributed by atoms with van der Waals surface area (Å²) in [5, 5.41) is 20.0. The van der Waals surface area contributed by atoms with E-state index in [0.29, 0.717) is 23.3 Å². The molecule has 0 heterocycles. The van der Waals surface area contributed by atoms with E-state index in [1.807, 2.05) is 24.3 Å². The summed E-state index contributed by atoms with van der Waals surface area (Å²) < 4.78 is 0. The third kappa shape index (κ3) is 5.07. The van der Waals surface area contributed by atoms with Crippen molar-refractivity contribution in [3.8, 4) is 11.5 Å². The van der Waals surface area contributed by atoms with Crippen LogP contribution in [0.25, 0.3) is 0 Å². The summed E-state index contributed by atoms with van der Waals surface area (Å²) in [5.74, 6) is 2.01. The lowest BCUT2D eigenvalue weighted by Gasteiger charge is -2.51. The maximum atomic E-state index is 9.99. The van der Waals surface area contributed by atoms with Gasteiger partial charge in [-0.05, 0) is 115 Å². The summed E-state index contributed by atoms with van der Waals surface area (Å²) in [6.07, 6.45) is 9.46. The Hall–Kier alpha value is -3.52. The molecule has 0 amide bonds. The molecule has 2 nitrogen and oxygen atoms in total. The smallest absolute Gasteiger partial charge is 0.115 e. The topological polar surface area (TPSA) is 40.5 Å². The van der Waals surface area contributed by atoms with E-state index < -0.39 is 0 Å². The van der Waals surface area contributed by atoms with E-state index in [0.717, 1.165) is 12.8 Å². The van der Waals surface area contributed by atoms with E-state index in [-0.39, 0.29) is 16.2 Å². The molecule has 2 N–H and O–H groups in total. The molecule has 4 aromatic rings. The van der Waals surface area contributed by atoms with Crippen LogP contribution in [0.1, 0.15) is 87.5 Å². The average Bonchev–Trinajstić information content (AvgIpc) is 3.02. The Bertz CT molecular complexity index is 1320. The van der Waals surface area contributed by atoms with Gasteiger partial charge in [0.1, 0.15) is 11.5 Å². The predicted molar refractivity (Wildman–Crippen MR) is 168 cm³/mol.